The third-order valence-corrected chi connectivity index (χ3v) is 4.70. The van der Waals surface area contributed by atoms with E-state index in [9.17, 15) is 0 Å². The first-order chi connectivity index (χ1) is 12.2. The van der Waals surface area contributed by atoms with E-state index in [2.05, 4.69) is 15.4 Å². The van der Waals surface area contributed by atoms with Gasteiger partial charge in [0.2, 0.25) is 5.16 Å². The molecule has 2 N–H and O–H groups in total. The standard InChI is InChI=1S/C17H15N5O2S/c1-11-14(7-8-23-11)16-19-20-17(22(16)18)25-10-13-9-15(21-24-13)12-5-3-2-4-6-12/h2-9H,10,18H2,1H3. The molecule has 4 aromatic rings. The Labute approximate surface area is 147 Å². The number of benzene rings is 1. The van der Waals surface area contributed by atoms with E-state index in [1.807, 2.05) is 49.4 Å². The lowest BCUT2D eigenvalue weighted by Gasteiger charge is -2.01. The molecular weight excluding hydrogens is 338 g/mol. The maximum Gasteiger partial charge on any atom is 0.210 e. The molecule has 3 aromatic heterocycles. The van der Waals surface area contributed by atoms with Gasteiger partial charge in [0.1, 0.15) is 17.2 Å². The van der Waals surface area contributed by atoms with Crippen LogP contribution < -0.4 is 5.84 Å². The lowest BCUT2D eigenvalue weighted by Crippen LogP contribution is -2.11. The molecule has 0 aliphatic rings. The summed E-state index contributed by atoms with van der Waals surface area (Å²) in [5.74, 6) is 8.72. The predicted molar refractivity (Wildman–Crippen MR) is 94.1 cm³/mol. The van der Waals surface area contributed by atoms with E-state index in [0.29, 0.717) is 16.7 Å². The number of rotatable bonds is 5. The summed E-state index contributed by atoms with van der Waals surface area (Å²) in [6.45, 7) is 1.86. The molecule has 0 aliphatic heterocycles. The van der Waals surface area contributed by atoms with Gasteiger partial charge in [-0.25, -0.2) is 4.68 Å². The number of aryl methyl sites for hydroxylation is 1. The van der Waals surface area contributed by atoms with Crippen molar-refractivity contribution in [2.24, 2.45) is 0 Å². The number of hydrogen-bond donors (Lipinski definition) is 1. The number of hydrogen-bond acceptors (Lipinski definition) is 7. The number of nitrogens with zero attached hydrogens (tertiary/aromatic N) is 4. The van der Waals surface area contributed by atoms with Crippen LogP contribution in [-0.4, -0.2) is 20.0 Å². The van der Waals surface area contributed by atoms with Gasteiger partial charge in [-0.05, 0) is 13.0 Å². The van der Waals surface area contributed by atoms with Crippen molar-refractivity contribution in [1.82, 2.24) is 20.0 Å². The number of furan rings is 1. The molecule has 0 unspecified atom stereocenters. The van der Waals surface area contributed by atoms with Crippen molar-refractivity contribution in [2.75, 3.05) is 5.84 Å². The van der Waals surface area contributed by atoms with Crippen LogP contribution in [0.4, 0.5) is 0 Å². The SMILES string of the molecule is Cc1occc1-c1nnc(SCc2cc(-c3ccccc3)no2)n1N. The largest absolute Gasteiger partial charge is 0.469 e. The minimum Gasteiger partial charge on any atom is -0.469 e. The van der Waals surface area contributed by atoms with Crippen LogP contribution in [0.3, 0.4) is 0 Å². The second-order valence-electron chi connectivity index (χ2n) is 5.40. The van der Waals surface area contributed by atoms with Crippen molar-refractivity contribution in [3.63, 3.8) is 0 Å². The Bertz CT molecular complexity index is 990. The van der Waals surface area contributed by atoms with Gasteiger partial charge in [-0.15, -0.1) is 10.2 Å². The zero-order valence-corrected chi connectivity index (χ0v) is 14.2. The summed E-state index contributed by atoms with van der Waals surface area (Å²) in [7, 11) is 0. The number of thioether (sulfide) groups is 1. The molecule has 0 radical (unpaired) electrons. The number of aromatic nitrogens is 4. The van der Waals surface area contributed by atoms with Crippen LogP contribution in [0.2, 0.25) is 0 Å². The monoisotopic (exact) mass is 353 g/mol. The maximum absolute atomic E-state index is 6.11. The van der Waals surface area contributed by atoms with Crippen molar-refractivity contribution in [3.8, 4) is 22.6 Å². The van der Waals surface area contributed by atoms with Gasteiger partial charge in [0.05, 0.1) is 17.6 Å². The summed E-state index contributed by atoms with van der Waals surface area (Å²) >= 11 is 1.43. The minimum absolute atomic E-state index is 0.555. The third-order valence-electron chi connectivity index (χ3n) is 3.74. The van der Waals surface area contributed by atoms with Crippen molar-refractivity contribution >= 4 is 11.8 Å². The first-order valence-corrected chi connectivity index (χ1v) is 8.59. The zero-order valence-electron chi connectivity index (χ0n) is 13.4. The second kappa shape index (κ2) is 6.48. The van der Waals surface area contributed by atoms with Crippen molar-refractivity contribution < 1.29 is 8.94 Å². The molecule has 8 heteroatoms. The molecule has 0 spiro atoms. The average Bonchev–Trinajstić information content (AvgIpc) is 3.35. The van der Waals surface area contributed by atoms with E-state index < -0.39 is 0 Å². The molecule has 3 heterocycles. The lowest BCUT2D eigenvalue weighted by molar-refractivity contribution is 0.397. The second-order valence-corrected chi connectivity index (χ2v) is 6.34. The van der Waals surface area contributed by atoms with Gasteiger partial charge in [0, 0.05) is 11.6 Å². The molecule has 0 atom stereocenters. The van der Waals surface area contributed by atoms with Gasteiger partial charge in [-0.1, -0.05) is 47.3 Å². The Morgan fingerprint density at radius 2 is 2.00 bits per heavy atom. The molecule has 0 amide bonds. The van der Waals surface area contributed by atoms with Gasteiger partial charge in [-0.3, -0.25) is 0 Å². The molecule has 126 valence electrons. The van der Waals surface area contributed by atoms with Crippen molar-refractivity contribution in [1.29, 1.82) is 0 Å². The first-order valence-electron chi connectivity index (χ1n) is 7.61. The van der Waals surface area contributed by atoms with E-state index in [0.717, 1.165) is 28.3 Å². The van der Waals surface area contributed by atoms with Crippen LogP contribution in [0.5, 0.6) is 0 Å². The Morgan fingerprint density at radius 1 is 1.16 bits per heavy atom. The van der Waals surface area contributed by atoms with Gasteiger partial charge in [-0.2, -0.15) is 0 Å². The average molecular weight is 353 g/mol. The van der Waals surface area contributed by atoms with Crippen LogP contribution >= 0.6 is 11.8 Å². The summed E-state index contributed by atoms with van der Waals surface area (Å²) in [6, 6.07) is 13.6. The van der Waals surface area contributed by atoms with Crippen molar-refractivity contribution in [2.45, 2.75) is 17.8 Å². The smallest absolute Gasteiger partial charge is 0.210 e. The highest BCUT2D eigenvalue weighted by atomic mass is 32.2. The highest BCUT2D eigenvalue weighted by Crippen LogP contribution is 2.28. The number of nitrogen functional groups attached to an aromatic ring is 1. The maximum atomic E-state index is 6.11. The van der Waals surface area contributed by atoms with Crippen LogP contribution in [0, 0.1) is 6.92 Å². The molecule has 1 aromatic carbocycles. The summed E-state index contributed by atoms with van der Waals surface area (Å²) in [4.78, 5) is 0. The molecule has 0 bridgehead atoms. The molecule has 0 saturated carbocycles. The summed E-state index contributed by atoms with van der Waals surface area (Å²) in [6.07, 6.45) is 1.60. The van der Waals surface area contributed by atoms with Gasteiger partial charge in [0.15, 0.2) is 5.82 Å². The van der Waals surface area contributed by atoms with Gasteiger partial charge < -0.3 is 14.8 Å². The zero-order chi connectivity index (χ0) is 17.2. The highest BCUT2D eigenvalue weighted by molar-refractivity contribution is 7.98. The van der Waals surface area contributed by atoms with E-state index in [-0.39, 0.29) is 0 Å². The Balaban J connectivity index is 1.49. The minimum atomic E-state index is 0.555. The third kappa shape index (κ3) is 3.03. The molecular formula is C17H15N5O2S. The van der Waals surface area contributed by atoms with E-state index >= 15 is 0 Å². The summed E-state index contributed by atoms with van der Waals surface area (Å²) < 4.78 is 12.1. The lowest BCUT2D eigenvalue weighted by atomic mass is 10.1. The fourth-order valence-electron chi connectivity index (χ4n) is 2.44. The molecule has 0 aliphatic carbocycles. The Morgan fingerprint density at radius 3 is 2.76 bits per heavy atom. The fraction of sp³-hybridized carbons (Fsp3) is 0.118. The summed E-state index contributed by atoms with van der Waals surface area (Å²) in [5.41, 5.74) is 2.65. The Kier molecular flexibility index (Phi) is 4.02. The van der Waals surface area contributed by atoms with Crippen LogP contribution in [0.1, 0.15) is 11.5 Å². The molecule has 0 fully saturated rings. The number of nitrogens with two attached hydrogens (primary N) is 1. The van der Waals surface area contributed by atoms with E-state index in [1.165, 1.54) is 16.4 Å². The first kappa shape index (κ1) is 15.5. The van der Waals surface area contributed by atoms with Crippen LogP contribution in [0.15, 0.2) is 62.8 Å². The van der Waals surface area contributed by atoms with Crippen LogP contribution in [-0.2, 0) is 5.75 Å². The van der Waals surface area contributed by atoms with E-state index in [1.54, 1.807) is 6.26 Å². The quantitative estimate of drug-likeness (QED) is 0.433. The molecule has 0 saturated heterocycles. The van der Waals surface area contributed by atoms with Gasteiger partial charge >= 0.3 is 0 Å². The van der Waals surface area contributed by atoms with Crippen LogP contribution in [0.25, 0.3) is 22.6 Å². The Hall–Kier alpha value is -3.00. The predicted octanol–water partition coefficient (Wildman–Crippen LogP) is 3.51. The molecule has 7 nitrogen and oxygen atoms in total. The highest BCUT2D eigenvalue weighted by Gasteiger charge is 2.16. The van der Waals surface area contributed by atoms with E-state index in [4.69, 9.17) is 14.8 Å². The normalized spacial score (nSPS) is 11.1. The summed E-state index contributed by atoms with van der Waals surface area (Å²) in [5, 5.41) is 13.0. The molecule has 4 rings (SSSR count). The van der Waals surface area contributed by atoms with Gasteiger partial charge in [0.25, 0.3) is 0 Å². The molecule has 25 heavy (non-hydrogen) atoms. The topological polar surface area (TPSA) is 95.9 Å². The van der Waals surface area contributed by atoms with Crippen molar-refractivity contribution in [3.05, 3.63) is 60.2 Å². The fourth-order valence-corrected chi connectivity index (χ4v) is 3.17.